The number of carbonyl (C=O) groups is 2. The van der Waals surface area contributed by atoms with E-state index in [0.29, 0.717) is 11.7 Å². The third-order valence-corrected chi connectivity index (χ3v) is 4.23. The van der Waals surface area contributed by atoms with Gasteiger partial charge in [-0.05, 0) is 12.5 Å². The lowest BCUT2D eigenvalue weighted by molar-refractivity contribution is -0.117. The molecule has 0 aliphatic heterocycles. The summed E-state index contributed by atoms with van der Waals surface area (Å²) < 4.78 is 1.83. The number of amides is 3. The highest BCUT2D eigenvalue weighted by Crippen LogP contribution is 2.24. The van der Waals surface area contributed by atoms with Crippen LogP contribution in [0.1, 0.15) is 5.56 Å². The van der Waals surface area contributed by atoms with Crippen LogP contribution in [0.3, 0.4) is 0 Å². The van der Waals surface area contributed by atoms with Gasteiger partial charge in [-0.3, -0.25) is 10.1 Å². The Labute approximate surface area is 144 Å². The van der Waals surface area contributed by atoms with Gasteiger partial charge < -0.3 is 9.88 Å². The maximum absolute atomic E-state index is 11.8. The molecule has 8 heteroatoms. The monoisotopic (exact) mass is 345 g/mol. The van der Waals surface area contributed by atoms with Crippen molar-refractivity contribution in [3.63, 3.8) is 0 Å². The SMILES string of the molecule is C=CCNC(=O)NC(=O)CSc1nnc(-c2ccccc2C)n1C. The molecule has 3 amide bonds. The first-order valence-corrected chi connectivity index (χ1v) is 8.28. The molecule has 0 fully saturated rings. The van der Waals surface area contributed by atoms with Crippen molar-refractivity contribution in [1.29, 1.82) is 0 Å². The fraction of sp³-hybridized carbons (Fsp3) is 0.250. The predicted molar refractivity (Wildman–Crippen MR) is 93.6 cm³/mol. The number of carbonyl (C=O) groups excluding carboxylic acids is 2. The fourth-order valence-corrected chi connectivity index (χ4v) is 2.71. The number of thioether (sulfide) groups is 1. The number of imide groups is 1. The number of hydrogen-bond donors (Lipinski definition) is 2. The zero-order valence-electron chi connectivity index (χ0n) is 13.6. The zero-order chi connectivity index (χ0) is 17.5. The lowest BCUT2D eigenvalue weighted by atomic mass is 10.1. The molecule has 1 aromatic carbocycles. The fourth-order valence-electron chi connectivity index (χ4n) is 2.00. The van der Waals surface area contributed by atoms with Crippen molar-refractivity contribution >= 4 is 23.7 Å². The van der Waals surface area contributed by atoms with E-state index in [1.165, 1.54) is 17.8 Å². The van der Waals surface area contributed by atoms with E-state index in [4.69, 9.17) is 0 Å². The number of nitrogens with one attached hydrogen (secondary N) is 2. The van der Waals surface area contributed by atoms with Gasteiger partial charge in [0.15, 0.2) is 11.0 Å². The normalized spacial score (nSPS) is 10.2. The van der Waals surface area contributed by atoms with Crippen molar-refractivity contribution in [3.8, 4) is 11.4 Å². The van der Waals surface area contributed by atoms with Crippen LogP contribution in [-0.4, -0.2) is 39.0 Å². The molecule has 0 aliphatic rings. The predicted octanol–water partition coefficient (Wildman–Crippen LogP) is 1.89. The quantitative estimate of drug-likeness (QED) is 0.616. The molecular weight excluding hydrogens is 326 g/mol. The summed E-state index contributed by atoms with van der Waals surface area (Å²) in [7, 11) is 1.85. The molecule has 24 heavy (non-hydrogen) atoms. The van der Waals surface area contributed by atoms with E-state index in [1.807, 2.05) is 42.8 Å². The van der Waals surface area contributed by atoms with E-state index in [9.17, 15) is 9.59 Å². The average Bonchev–Trinajstić information content (AvgIpc) is 2.92. The number of urea groups is 1. The zero-order valence-corrected chi connectivity index (χ0v) is 14.4. The van der Waals surface area contributed by atoms with Gasteiger partial charge in [0.1, 0.15) is 0 Å². The first kappa shape index (κ1) is 17.7. The number of rotatable bonds is 6. The second-order valence-corrected chi connectivity index (χ2v) is 5.96. The summed E-state index contributed by atoms with van der Waals surface area (Å²) in [4.78, 5) is 23.1. The highest BCUT2D eigenvalue weighted by Gasteiger charge is 2.14. The van der Waals surface area contributed by atoms with Crippen LogP contribution < -0.4 is 10.6 Å². The Balaban J connectivity index is 1.97. The lowest BCUT2D eigenvalue weighted by Crippen LogP contribution is -2.40. The molecule has 1 heterocycles. The minimum atomic E-state index is -0.543. The Morgan fingerprint density at radius 1 is 1.33 bits per heavy atom. The van der Waals surface area contributed by atoms with Crippen molar-refractivity contribution in [1.82, 2.24) is 25.4 Å². The van der Waals surface area contributed by atoms with Gasteiger partial charge in [0.25, 0.3) is 0 Å². The molecule has 0 saturated carbocycles. The third-order valence-electron chi connectivity index (χ3n) is 3.21. The highest BCUT2D eigenvalue weighted by atomic mass is 32.2. The summed E-state index contributed by atoms with van der Waals surface area (Å²) in [5.74, 6) is 0.406. The summed E-state index contributed by atoms with van der Waals surface area (Å²) >= 11 is 1.22. The van der Waals surface area contributed by atoms with Gasteiger partial charge in [0.2, 0.25) is 5.91 Å². The van der Waals surface area contributed by atoms with Gasteiger partial charge in [0.05, 0.1) is 5.75 Å². The van der Waals surface area contributed by atoms with E-state index >= 15 is 0 Å². The van der Waals surface area contributed by atoms with Crippen LogP contribution in [0.2, 0.25) is 0 Å². The molecule has 0 bridgehead atoms. The molecule has 0 atom stereocenters. The number of benzene rings is 1. The maximum Gasteiger partial charge on any atom is 0.321 e. The maximum atomic E-state index is 11.8. The third kappa shape index (κ3) is 4.45. The number of nitrogens with zero attached hydrogens (tertiary/aromatic N) is 3. The highest BCUT2D eigenvalue weighted by molar-refractivity contribution is 7.99. The Morgan fingerprint density at radius 3 is 2.79 bits per heavy atom. The minimum Gasteiger partial charge on any atom is -0.334 e. The van der Waals surface area contributed by atoms with Crippen molar-refractivity contribution < 1.29 is 9.59 Å². The number of aryl methyl sites for hydroxylation is 1. The topological polar surface area (TPSA) is 88.9 Å². The van der Waals surface area contributed by atoms with Crippen molar-refractivity contribution in [2.24, 2.45) is 7.05 Å². The lowest BCUT2D eigenvalue weighted by Gasteiger charge is -2.06. The number of hydrogen-bond acceptors (Lipinski definition) is 5. The van der Waals surface area contributed by atoms with E-state index < -0.39 is 11.9 Å². The van der Waals surface area contributed by atoms with Gasteiger partial charge in [-0.25, -0.2) is 4.79 Å². The Hall–Kier alpha value is -2.61. The van der Waals surface area contributed by atoms with E-state index in [2.05, 4.69) is 27.4 Å². The smallest absolute Gasteiger partial charge is 0.321 e. The van der Waals surface area contributed by atoms with E-state index in [-0.39, 0.29) is 5.75 Å². The summed E-state index contributed by atoms with van der Waals surface area (Å²) in [5, 5.41) is 13.6. The number of aromatic nitrogens is 3. The molecule has 2 N–H and O–H groups in total. The van der Waals surface area contributed by atoms with E-state index in [1.54, 1.807) is 0 Å². The molecule has 0 saturated heterocycles. The van der Waals surface area contributed by atoms with Gasteiger partial charge in [-0.2, -0.15) is 0 Å². The Bertz CT molecular complexity index is 757. The van der Waals surface area contributed by atoms with Crippen LogP contribution in [0, 0.1) is 6.92 Å². The first-order chi connectivity index (χ1) is 11.5. The molecule has 0 spiro atoms. The van der Waals surface area contributed by atoms with Gasteiger partial charge in [-0.1, -0.05) is 42.1 Å². The molecule has 0 aliphatic carbocycles. The molecule has 0 radical (unpaired) electrons. The summed E-state index contributed by atoms with van der Waals surface area (Å²) in [6.45, 7) is 5.79. The van der Waals surface area contributed by atoms with Crippen LogP contribution in [0.4, 0.5) is 4.79 Å². The molecule has 7 nitrogen and oxygen atoms in total. The van der Waals surface area contributed by atoms with Gasteiger partial charge in [-0.15, -0.1) is 16.8 Å². The van der Waals surface area contributed by atoms with Crippen LogP contribution >= 0.6 is 11.8 Å². The van der Waals surface area contributed by atoms with Crippen LogP contribution in [0.5, 0.6) is 0 Å². The largest absolute Gasteiger partial charge is 0.334 e. The van der Waals surface area contributed by atoms with Gasteiger partial charge >= 0.3 is 6.03 Å². The molecule has 1 aromatic heterocycles. The first-order valence-electron chi connectivity index (χ1n) is 7.29. The van der Waals surface area contributed by atoms with Crippen molar-refractivity contribution in [2.45, 2.75) is 12.1 Å². The van der Waals surface area contributed by atoms with Crippen molar-refractivity contribution in [2.75, 3.05) is 12.3 Å². The molecule has 2 rings (SSSR count). The molecule has 2 aromatic rings. The second-order valence-electron chi connectivity index (χ2n) is 5.02. The van der Waals surface area contributed by atoms with Crippen molar-refractivity contribution in [3.05, 3.63) is 42.5 Å². The molecule has 126 valence electrons. The van der Waals surface area contributed by atoms with Crippen LogP contribution in [0.25, 0.3) is 11.4 Å². The van der Waals surface area contributed by atoms with Crippen LogP contribution in [-0.2, 0) is 11.8 Å². The van der Waals surface area contributed by atoms with E-state index in [0.717, 1.165) is 17.0 Å². The summed E-state index contributed by atoms with van der Waals surface area (Å²) in [6, 6.07) is 7.35. The minimum absolute atomic E-state index is 0.0707. The Kier molecular flexibility index (Phi) is 6.14. The second kappa shape index (κ2) is 8.30. The standard InChI is InChI=1S/C16H19N5O2S/c1-4-9-17-15(23)18-13(22)10-24-16-20-19-14(21(16)3)12-8-6-5-7-11(12)2/h4-8H,1,9-10H2,2-3H3,(H2,17,18,22,23). The summed E-state index contributed by atoms with van der Waals surface area (Å²) in [6.07, 6.45) is 1.53. The average molecular weight is 345 g/mol. The molecular formula is C16H19N5O2S. The molecule has 0 unspecified atom stereocenters. The Morgan fingerprint density at radius 2 is 2.08 bits per heavy atom. The summed E-state index contributed by atoms with van der Waals surface area (Å²) in [5.41, 5.74) is 2.09. The van der Waals surface area contributed by atoms with Crippen LogP contribution in [0.15, 0.2) is 42.1 Å². The van der Waals surface area contributed by atoms with Gasteiger partial charge in [0, 0.05) is 19.2 Å².